The van der Waals surface area contributed by atoms with Gasteiger partial charge in [0.15, 0.2) is 12.3 Å². The third-order valence-corrected chi connectivity index (χ3v) is 14.2. The second kappa shape index (κ2) is 33.9. The summed E-state index contributed by atoms with van der Waals surface area (Å²) in [5.41, 5.74) is 4.57. The highest BCUT2D eigenvalue weighted by atomic mass is 31.3. The van der Waals surface area contributed by atoms with Crippen molar-refractivity contribution in [3.05, 3.63) is 34.9 Å². The Bertz CT molecular complexity index is 1720. The molecule has 2 heterocycles. The first kappa shape index (κ1) is 60.5. The molecule has 10 atom stereocenters. The van der Waals surface area contributed by atoms with E-state index in [4.69, 9.17) is 29.0 Å². The normalized spacial score (nSPS) is 21.1. The summed E-state index contributed by atoms with van der Waals surface area (Å²) in [6.45, 7) is 4.21. The minimum atomic E-state index is -5.45. The lowest BCUT2D eigenvalue weighted by Gasteiger charge is -2.21. The van der Waals surface area contributed by atoms with Crippen LogP contribution in [0.4, 0.5) is 5.82 Å². The van der Waals surface area contributed by atoms with Crippen LogP contribution in [0.3, 0.4) is 0 Å². The van der Waals surface area contributed by atoms with Gasteiger partial charge in [-0.05, 0) is 50.5 Å². The van der Waals surface area contributed by atoms with Gasteiger partial charge in [0, 0.05) is 19.0 Å². The van der Waals surface area contributed by atoms with E-state index in [-0.39, 0.29) is 18.7 Å². The fourth-order valence-electron chi connectivity index (χ4n) is 7.25. The van der Waals surface area contributed by atoms with Crippen LogP contribution in [-0.2, 0) is 46.3 Å². The van der Waals surface area contributed by atoms with Crippen LogP contribution in [0.25, 0.3) is 0 Å². The average molecular weight is 998 g/mol. The summed E-state index contributed by atoms with van der Waals surface area (Å²) in [6.07, 6.45) is 14.8. The Morgan fingerprint density at radius 2 is 1.40 bits per heavy atom. The molecule has 0 saturated carbocycles. The molecule has 8 N–H and O–H groups in total. The Labute approximate surface area is 396 Å². The highest BCUT2D eigenvalue weighted by Crippen LogP contribution is 2.60. The van der Waals surface area contributed by atoms with Crippen LogP contribution in [0.15, 0.2) is 29.2 Å². The third-order valence-electron chi connectivity index (χ3n) is 11.6. The first-order valence-corrected chi connectivity index (χ1v) is 27.3. The van der Waals surface area contributed by atoms with Gasteiger partial charge in [-0.15, -0.1) is 0 Å². The van der Waals surface area contributed by atoms with Crippen molar-refractivity contribution < 1.29 is 76.5 Å². The molecule has 67 heavy (non-hydrogen) atoms. The Morgan fingerprint density at radius 1 is 0.806 bits per heavy atom. The predicted molar refractivity (Wildman–Crippen MR) is 250 cm³/mol. The smallest absolute Gasteiger partial charge is 0.462 e. The maximum atomic E-state index is 12.8. The maximum absolute atomic E-state index is 12.8. The van der Waals surface area contributed by atoms with Crippen molar-refractivity contribution in [3.63, 3.8) is 0 Å². The highest BCUT2D eigenvalue weighted by molar-refractivity contribution is 7.61. The SMILES string of the molecule is CCCCC/C=C\C[C@@H](O)[C@H](O)CCCCCCCC(=O)OC[C@H](COP(=O)(O)OP(=O)(O)OC[C@H]1O[C@@H](n2ccc(N)nc2=O)[C@H](O)[C@@H]1O)OC(=O)CCCCCCCCCCC(C)CC. The molecule has 0 spiro atoms. The van der Waals surface area contributed by atoms with Crippen LogP contribution in [0, 0.1) is 5.92 Å². The molecule has 1 saturated heterocycles. The zero-order valence-corrected chi connectivity index (χ0v) is 41.6. The molecule has 1 aromatic heterocycles. The van der Waals surface area contributed by atoms with Gasteiger partial charge in [0.25, 0.3) is 0 Å². The number of anilines is 1. The van der Waals surface area contributed by atoms with Crippen molar-refractivity contribution in [2.75, 3.05) is 25.6 Å². The van der Waals surface area contributed by atoms with Crippen LogP contribution in [0.5, 0.6) is 0 Å². The van der Waals surface area contributed by atoms with Gasteiger partial charge in [-0.2, -0.15) is 9.29 Å². The first-order chi connectivity index (χ1) is 31.9. The molecule has 2 rings (SSSR count). The number of hydrogen-bond donors (Lipinski definition) is 7. The van der Waals surface area contributed by atoms with E-state index < -0.39 is 95.9 Å². The third kappa shape index (κ3) is 26.8. The molecule has 0 radical (unpaired) electrons. The summed E-state index contributed by atoms with van der Waals surface area (Å²) in [5, 5.41) is 41.4. The standard InChI is InChI=1S/C45H81N3O17P2/c1-4-6-7-8-15-20-25-36(49)37(50)26-21-16-13-18-22-27-40(51)60-31-35(63-41(52)28-23-17-12-10-9-11-14-19-24-34(3)5-2)32-61-66(56,57)65-67(58,59)62-33-38-42(53)43(54)44(64-38)48-30-29-39(46)47-45(48)55/h15,20,29-30,34-38,42-44,49-50,53-54H,4-14,16-19,21-28,31-33H2,1-3H3,(H,56,57)(H,58,59)(H2,46,47,55)/b20-15-/t34?,35-,36-,37-,38-,42-,43-,44-/m1/s1. The monoisotopic (exact) mass is 998 g/mol. The number of ether oxygens (including phenoxy) is 3. The molecule has 1 aromatic rings. The van der Waals surface area contributed by atoms with Crippen molar-refractivity contribution in [3.8, 4) is 0 Å². The Balaban J connectivity index is 1.84. The van der Waals surface area contributed by atoms with Crippen LogP contribution < -0.4 is 11.4 Å². The minimum absolute atomic E-state index is 0.0204. The Hall–Kier alpha value is -2.58. The molecule has 388 valence electrons. The summed E-state index contributed by atoms with van der Waals surface area (Å²) >= 11 is 0. The minimum Gasteiger partial charge on any atom is -0.462 e. The summed E-state index contributed by atoms with van der Waals surface area (Å²) in [6, 6.07) is 1.24. The van der Waals surface area contributed by atoms with Gasteiger partial charge in [-0.1, -0.05) is 129 Å². The van der Waals surface area contributed by atoms with E-state index in [0.717, 1.165) is 80.9 Å². The van der Waals surface area contributed by atoms with Crippen molar-refractivity contribution in [1.29, 1.82) is 0 Å². The number of aliphatic hydroxyl groups excluding tert-OH is 4. The number of nitrogens with two attached hydrogens (primary N) is 1. The fraction of sp³-hybridized carbons (Fsp3) is 0.822. The number of esters is 2. The average Bonchev–Trinajstić information content (AvgIpc) is 3.56. The van der Waals surface area contributed by atoms with Gasteiger partial charge in [0.2, 0.25) is 0 Å². The molecule has 3 unspecified atom stereocenters. The topological polar surface area (TPSA) is 306 Å². The molecular weight excluding hydrogens is 916 g/mol. The lowest BCUT2D eigenvalue weighted by atomic mass is 9.99. The van der Waals surface area contributed by atoms with Crippen LogP contribution in [-0.4, -0.2) is 108 Å². The van der Waals surface area contributed by atoms with Gasteiger partial charge in [-0.25, -0.2) is 13.9 Å². The molecule has 1 aliphatic heterocycles. The largest absolute Gasteiger partial charge is 0.481 e. The van der Waals surface area contributed by atoms with Crippen LogP contribution >= 0.6 is 15.6 Å². The molecule has 22 heteroatoms. The Kier molecular flexibility index (Phi) is 30.6. The molecule has 0 amide bonds. The number of phosphoric ester groups is 2. The van der Waals surface area contributed by atoms with Gasteiger partial charge in [0.05, 0.1) is 25.4 Å². The molecule has 20 nitrogen and oxygen atoms in total. The van der Waals surface area contributed by atoms with E-state index in [0.29, 0.717) is 38.5 Å². The number of nitrogens with zero attached hydrogens (tertiary/aromatic N) is 2. The van der Waals surface area contributed by atoms with E-state index in [1.165, 1.54) is 38.2 Å². The number of nitrogen functional groups attached to an aromatic ring is 1. The van der Waals surface area contributed by atoms with Crippen molar-refractivity contribution >= 4 is 33.4 Å². The molecule has 0 bridgehead atoms. The molecule has 1 fully saturated rings. The van der Waals surface area contributed by atoms with E-state index in [9.17, 15) is 53.7 Å². The van der Waals surface area contributed by atoms with E-state index >= 15 is 0 Å². The number of rotatable bonds is 39. The zero-order valence-electron chi connectivity index (χ0n) is 39.9. The lowest BCUT2D eigenvalue weighted by Crippen LogP contribution is -2.36. The predicted octanol–water partition coefficient (Wildman–Crippen LogP) is 7.08. The number of aromatic nitrogens is 2. The van der Waals surface area contributed by atoms with Crippen molar-refractivity contribution in [2.45, 2.75) is 211 Å². The van der Waals surface area contributed by atoms with Crippen LogP contribution in [0.2, 0.25) is 0 Å². The molecule has 0 aromatic carbocycles. The second-order valence-corrected chi connectivity index (χ2v) is 20.6. The first-order valence-electron chi connectivity index (χ1n) is 24.3. The van der Waals surface area contributed by atoms with Gasteiger partial charge in [0.1, 0.15) is 30.7 Å². The van der Waals surface area contributed by atoms with Crippen molar-refractivity contribution in [2.24, 2.45) is 5.92 Å². The van der Waals surface area contributed by atoms with Gasteiger partial charge in [-0.3, -0.25) is 23.2 Å². The zero-order chi connectivity index (χ0) is 49.7. The highest BCUT2D eigenvalue weighted by Gasteiger charge is 2.46. The molecule has 1 aliphatic rings. The van der Waals surface area contributed by atoms with Gasteiger partial charge >= 0.3 is 33.3 Å². The number of aliphatic hydroxyl groups is 4. The summed E-state index contributed by atoms with van der Waals surface area (Å²) < 4.78 is 56.6. The number of carbonyl (C=O) groups is 2. The summed E-state index contributed by atoms with van der Waals surface area (Å²) in [4.78, 5) is 61.8. The summed E-state index contributed by atoms with van der Waals surface area (Å²) in [7, 11) is -10.9. The van der Waals surface area contributed by atoms with Crippen molar-refractivity contribution in [1.82, 2.24) is 9.55 Å². The number of phosphoric acid groups is 2. The van der Waals surface area contributed by atoms with E-state index in [1.54, 1.807) is 0 Å². The number of hydrogen-bond acceptors (Lipinski definition) is 17. The fourth-order valence-corrected chi connectivity index (χ4v) is 9.36. The van der Waals surface area contributed by atoms with E-state index in [1.807, 2.05) is 12.2 Å². The maximum Gasteiger partial charge on any atom is 0.481 e. The van der Waals surface area contributed by atoms with Crippen LogP contribution in [0.1, 0.15) is 175 Å². The molecule has 0 aliphatic carbocycles. The number of unbranched alkanes of at least 4 members (excludes halogenated alkanes) is 14. The quantitative estimate of drug-likeness (QED) is 0.0150. The number of allylic oxidation sites excluding steroid dienone is 1. The number of carbonyl (C=O) groups excluding carboxylic acids is 2. The molecular formula is C45H81N3O17P2. The second-order valence-electron chi connectivity index (χ2n) is 17.5. The van der Waals surface area contributed by atoms with E-state index in [2.05, 4.69) is 30.1 Å². The lowest BCUT2D eigenvalue weighted by molar-refractivity contribution is -0.161. The Morgan fingerprint density at radius 3 is 2.03 bits per heavy atom. The van der Waals surface area contributed by atoms with Gasteiger partial charge < -0.3 is 50.2 Å². The summed E-state index contributed by atoms with van der Waals surface area (Å²) in [5.74, 6) is -0.663.